The highest BCUT2D eigenvalue weighted by molar-refractivity contribution is 6.06. The molecular formula is C23H24F2N4O. The maximum Gasteiger partial charge on any atom is 0.272 e. The summed E-state index contributed by atoms with van der Waals surface area (Å²) in [5.41, 5.74) is 2.83. The quantitative estimate of drug-likeness (QED) is 0.682. The number of aromatic nitrogens is 1. The van der Waals surface area contributed by atoms with Crippen LogP contribution in [-0.2, 0) is 0 Å². The van der Waals surface area contributed by atoms with Crippen LogP contribution in [0.5, 0.6) is 0 Å². The van der Waals surface area contributed by atoms with Crippen molar-refractivity contribution in [3.05, 3.63) is 59.3 Å². The molecule has 0 spiro atoms. The summed E-state index contributed by atoms with van der Waals surface area (Å²) in [5, 5.41) is 3.12. The maximum absolute atomic E-state index is 14.3. The van der Waals surface area contributed by atoms with Gasteiger partial charge in [0, 0.05) is 35.9 Å². The highest BCUT2D eigenvalue weighted by Gasteiger charge is 2.39. The number of nitrogens with zero attached hydrogens (tertiary/aromatic N) is 2. The van der Waals surface area contributed by atoms with Crippen LogP contribution in [0.15, 0.2) is 36.4 Å². The smallest absolute Gasteiger partial charge is 0.272 e. The van der Waals surface area contributed by atoms with Crippen LogP contribution in [0, 0.1) is 24.5 Å². The van der Waals surface area contributed by atoms with Crippen LogP contribution in [0.1, 0.15) is 22.5 Å². The van der Waals surface area contributed by atoms with Gasteiger partial charge in [-0.1, -0.05) is 6.07 Å². The first kappa shape index (κ1) is 19.1. The zero-order valence-electron chi connectivity index (χ0n) is 17.0. The summed E-state index contributed by atoms with van der Waals surface area (Å²) in [4.78, 5) is 20.3. The van der Waals surface area contributed by atoms with Gasteiger partial charge < -0.3 is 20.1 Å². The van der Waals surface area contributed by atoms with E-state index in [1.807, 2.05) is 6.92 Å². The minimum Gasteiger partial charge on any atom is -0.369 e. The fourth-order valence-corrected chi connectivity index (χ4v) is 4.86. The van der Waals surface area contributed by atoms with E-state index in [1.54, 1.807) is 12.1 Å². The van der Waals surface area contributed by atoms with Crippen molar-refractivity contribution in [2.75, 3.05) is 36.9 Å². The monoisotopic (exact) mass is 410 g/mol. The van der Waals surface area contributed by atoms with Crippen LogP contribution >= 0.6 is 0 Å². The lowest BCUT2D eigenvalue weighted by Gasteiger charge is -2.23. The lowest BCUT2D eigenvalue weighted by atomic mass is 10.1. The first-order valence-corrected chi connectivity index (χ1v) is 10.2. The summed E-state index contributed by atoms with van der Waals surface area (Å²) < 4.78 is 28.4. The third kappa shape index (κ3) is 3.23. The molecule has 0 saturated carbocycles. The van der Waals surface area contributed by atoms with Gasteiger partial charge in [0.05, 0.1) is 5.52 Å². The van der Waals surface area contributed by atoms with Crippen molar-refractivity contribution in [2.45, 2.75) is 19.4 Å². The van der Waals surface area contributed by atoms with Crippen molar-refractivity contribution in [1.82, 2.24) is 9.88 Å². The molecule has 3 heterocycles. The van der Waals surface area contributed by atoms with E-state index in [4.69, 9.17) is 0 Å². The Hall–Kier alpha value is -2.93. The molecule has 30 heavy (non-hydrogen) atoms. The van der Waals surface area contributed by atoms with E-state index in [2.05, 4.69) is 27.1 Å². The number of hydrogen-bond acceptors (Lipinski definition) is 3. The molecule has 2 N–H and O–H groups in total. The second kappa shape index (κ2) is 7.09. The Morgan fingerprint density at radius 2 is 2.00 bits per heavy atom. The number of aryl methyl sites for hydroxylation is 1. The number of carbonyl (C=O) groups is 1. The summed E-state index contributed by atoms with van der Waals surface area (Å²) >= 11 is 0. The van der Waals surface area contributed by atoms with Crippen LogP contribution in [0.4, 0.5) is 20.2 Å². The SMILES string of the molecule is Cc1ccc(F)c2cc(C(=O)Nc3cc(F)cc(N4C[C@@H]5CCN(C)[C@@H]5C4)c3)[nH]c12. The molecule has 2 atom stereocenters. The van der Waals surface area contributed by atoms with Gasteiger partial charge in [0.2, 0.25) is 0 Å². The van der Waals surface area contributed by atoms with Gasteiger partial charge in [-0.25, -0.2) is 8.78 Å². The molecule has 2 aromatic carbocycles. The second-order valence-electron chi connectivity index (χ2n) is 8.49. The number of nitrogens with one attached hydrogen (secondary N) is 2. The van der Waals surface area contributed by atoms with Gasteiger partial charge in [0.15, 0.2) is 0 Å². The van der Waals surface area contributed by atoms with Crippen molar-refractivity contribution in [3.63, 3.8) is 0 Å². The van der Waals surface area contributed by atoms with Gasteiger partial charge in [-0.2, -0.15) is 0 Å². The topological polar surface area (TPSA) is 51.4 Å². The summed E-state index contributed by atoms with van der Waals surface area (Å²) in [7, 11) is 2.14. The van der Waals surface area contributed by atoms with Crippen LogP contribution in [0.25, 0.3) is 10.9 Å². The fraction of sp³-hybridized carbons (Fsp3) is 0.348. The molecule has 2 aliphatic heterocycles. The Morgan fingerprint density at radius 1 is 1.17 bits per heavy atom. The number of rotatable bonds is 3. The lowest BCUT2D eigenvalue weighted by Crippen LogP contribution is -2.32. The van der Waals surface area contributed by atoms with Gasteiger partial charge in [-0.3, -0.25) is 4.79 Å². The van der Waals surface area contributed by atoms with Crippen molar-refractivity contribution >= 4 is 28.2 Å². The van der Waals surface area contributed by atoms with Crippen molar-refractivity contribution in [2.24, 2.45) is 5.92 Å². The van der Waals surface area contributed by atoms with E-state index < -0.39 is 11.7 Å². The average Bonchev–Trinajstić information content (AvgIpc) is 3.41. The number of likely N-dealkylation sites (tertiary alicyclic amines) is 1. The molecule has 1 amide bonds. The highest BCUT2D eigenvalue weighted by atomic mass is 19.1. The predicted molar refractivity (Wildman–Crippen MR) is 114 cm³/mol. The van der Waals surface area contributed by atoms with E-state index in [9.17, 15) is 13.6 Å². The molecule has 7 heteroatoms. The minimum absolute atomic E-state index is 0.237. The van der Waals surface area contributed by atoms with E-state index in [-0.39, 0.29) is 11.5 Å². The standard InChI is InChI=1S/C23H24F2N4O/c1-13-3-4-19(25)18-10-20(27-22(13)18)23(30)26-16-7-15(24)8-17(9-16)29-11-14-5-6-28(2)21(14)12-29/h3-4,7-10,14,21,27H,5-6,11-12H2,1-2H3,(H,26,30)/t14-,21+/m0/s1. The number of fused-ring (bicyclic) bond motifs is 2. The molecule has 1 aromatic heterocycles. The molecule has 0 aliphatic carbocycles. The van der Waals surface area contributed by atoms with Crippen molar-refractivity contribution in [3.8, 4) is 0 Å². The summed E-state index contributed by atoms with van der Waals surface area (Å²) in [5.74, 6) is -0.615. The minimum atomic E-state index is -0.431. The third-order valence-electron chi connectivity index (χ3n) is 6.52. The summed E-state index contributed by atoms with van der Waals surface area (Å²) in [6.45, 7) is 4.71. The third-order valence-corrected chi connectivity index (χ3v) is 6.52. The Kier molecular flexibility index (Phi) is 4.50. The van der Waals surface area contributed by atoms with Crippen LogP contribution in [0.2, 0.25) is 0 Å². The van der Waals surface area contributed by atoms with Gasteiger partial charge >= 0.3 is 0 Å². The second-order valence-corrected chi connectivity index (χ2v) is 8.49. The highest BCUT2D eigenvalue weighted by Crippen LogP contribution is 2.34. The number of carbonyl (C=O) groups excluding carboxylic acids is 1. The number of anilines is 2. The van der Waals surface area contributed by atoms with Gasteiger partial charge in [-0.05, 0) is 68.8 Å². The number of hydrogen-bond donors (Lipinski definition) is 2. The Bertz CT molecular complexity index is 1100. The summed E-state index contributed by atoms with van der Waals surface area (Å²) in [6.07, 6.45) is 1.16. The predicted octanol–water partition coefficient (Wildman–Crippen LogP) is 4.15. The van der Waals surface area contributed by atoms with Crippen LogP contribution in [-0.4, -0.2) is 48.5 Å². The van der Waals surface area contributed by atoms with E-state index in [1.165, 1.54) is 24.3 Å². The number of benzene rings is 2. The molecule has 0 unspecified atom stereocenters. The molecule has 5 rings (SSSR count). The van der Waals surface area contributed by atoms with E-state index in [0.29, 0.717) is 28.6 Å². The number of halogens is 2. The Labute approximate surface area is 173 Å². The van der Waals surface area contributed by atoms with E-state index in [0.717, 1.165) is 37.3 Å². The Balaban J connectivity index is 1.38. The molecule has 2 fully saturated rings. The molecule has 0 radical (unpaired) electrons. The van der Waals surface area contributed by atoms with Crippen molar-refractivity contribution < 1.29 is 13.6 Å². The van der Waals surface area contributed by atoms with Gasteiger partial charge in [0.25, 0.3) is 5.91 Å². The number of aromatic amines is 1. The summed E-state index contributed by atoms with van der Waals surface area (Å²) in [6, 6.07) is 9.65. The molecular weight excluding hydrogens is 386 g/mol. The van der Waals surface area contributed by atoms with Gasteiger partial charge in [0.1, 0.15) is 17.3 Å². The molecule has 5 nitrogen and oxygen atoms in total. The molecule has 2 aliphatic rings. The van der Waals surface area contributed by atoms with Crippen LogP contribution in [0.3, 0.4) is 0 Å². The zero-order valence-corrected chi connectivity index (χ0v) is 17.0. The normalized spacial score (nSPS) is 21.4. The molecule has 156 valence electrons. The first-order valence-electron chi connectivity index (χ1n) is 10.2. The molecule has 3 aromatic rings. The number of likely N-dealkylation sites (N-methyl/N-ethyl adjacent to an activating group) is 1. The number of amides is 1. The van der Waals surface area contributed by atoms with Crippen LogP contribution < -0.4 is 10.2 Å². The zero-order chi connectivity index (χ0) is 21.0. The lowest BCUT2D eigenvalue weighted by molar-refractivity contribution is 0.102. The number of H-pyrrole nitrogens is 1. The largest absolute Gasteiger partial charge is 0.369 e. The maximum atomic E-state index is 14.3. The molecule has 2 saturated heterocycles. The molecule has 0 bridgehead atoms. The first-order chi connectivity index (χ1) is 14.4. The average molecular weight is 410 g/mol. The van der Waals surface area contributed by atoms with Gasteiger partial charge in [-0.15, -0.1) is 0 Å². The van der Waals surface area contributed by atoms with Crippen molar-refractivity contribution in [1.29, 1.82) is 0 Å². The Morgan fingerprint density at radius 3 is 2.77 bits per heavy atom. The van der Waals surface area contributed by atoms with E-state index >= 15 is 0 Å². The fourth-order valence-electron chi connectivity index (χ4n) is 4.86.